The molecule has 2 aromatic heterocycles. The summed E-state index contributed by atoms with van der Waals surface area (Å²) in [5.74, 6) is 6.38. The number of nitrogens with two attached hydrogens (primary N) is 1. The molecule has 6 heteroatoms. The predicted octanol–water partition coefficient (Wildman–Crippen LogP) is 0.0138. The van der Waals surface area contributed by atoms with Crippen LogP contribution in [0.4, 0.5) is 5.82 Å². The van der Waals surface area contributed by atoms with E-state index in [2.05, 4.69) is 25.4 Å². The molecular formula is C7H8N6. The number of hydrogen-bond acceptors (Lipinski definition) is 6. The highest BCUT2D eigenvalue weighted by Crippen LogP contribution is 2.13. The van der Waals surface area contributed by atoms with Gasteiger partial charge >= 0.3 is 0 Å². The molecule has 2 rings (SSSR count). The van der Waals surface area contributed by atoms with Crippen LogP contribution in [0, 0.1) is 6.92 Å². The zero-order chi connectivity index (χ0) is 9.26. The number of rotatable bonds is 1. The molecule has 0 aliphatic carbocycles. The lowest BCUT2D eigenvalue weighted by atomic mass is 10.4. The minimum absolute atomic E-state index is 0.496. The molecule has 2 heterocycles. The molecule has 0 spiro atoms. The first kappa shape index (κ1) is 7.81. The molecule has 0 aliphatic heterocycles. The van der Waals surface area contributed by atoms with Crippen LogP contribution >= 0.6 is 0 Å². The average molecular weight is 176 g/mol. The molecule has 0 radical (unpaired) electrons. The van der Waals surface area contributed by atoms with Gasteiger partial charge in [-0.3, -0.25) is 0 Å². The fourth-order valence-corrected chi connectivity index (χ4v) is 1.07. The Bertz CT molecular complexity index is 440. The first-order chi connectivity index (χ1) is 6.31. The molecule has 0 saturated heterocycles. The van der Waals surface area contributed by atoms with Gasteiger partial charge in [0.1, 0.15) is 5.82 Å². The molecule has 13 heavy (non-hydrogen) atoms. The molecule has 66 valence electrons. The van der Waals surface area contributed by atoms with Crippen molar-refractivity contribution in [3.05, 3.63) is 18.2 Å². The summed E-state index contributed by atoms with van der Waals surface area (Å²) in [6, 6.07) is 0. The maximum Gasteiger partial charge on any atom is 0.183 e. The summed E-state index contributed by atoms with van der Waals surface area (Å²) in [4.78, 5) is 16.3. The largest absolute Gasteiger partial charge is 0.306 e. The zero-order valence-electron chi connectivity index (χ0n) is 7.02. The molecule has 0 bridgehead atoms. The van der Waals surface area contributed by atoms with Crippen LogP contribution in [0.2, 0.25) is 0 Å². The number of aromatic nitrogens is 4. The summed E-state index contributed by atoms with van der Waals surface area (Å²) >= 11 is 0. The average Bonchev–Trinajstić information content (AvgIpc) is 2.16. The number of aryl methyl sites for hydroxylation is 1. The Kier molecular flexibility index (Phi) is 1.75. The first-order valence-electron chi connectivity index (χ1n) is 3.73. The second-order valence-electron chi connectivity index (χ2n) is 2.49. The van der Waals surface area contributed by atoms with Crippen molar-refractivity contribution < 1.29 is 0 Å². The van der Waals surface area contributed by atoms with E-state index < -0.39 is 0 Å². The summed E-state index contributed by atoms with van der Waals surface area (Å²) in [6.45, 7) is 1.77. The lowest BCUT2D eigenvalue weighted by Gasteiger charge is -2.02. The van der Waals surface area contributed by atoms with E-state index in [0.717, 1.165) is 0 Å². The molecule has 0 aliphatic rings. The van der Waals surface area contributed by atoms with Gasteiger partial charge in [-0.1, -0.05) is 0 Å². The molecule has 3 N–H and O–H groups in total. The molecule has 0 aromatic carbocycles. The van der Waals surface area contributed by atoms with Crippen molar-refractivity contribution in [2.24, 2.45) is 5.84 Å². The molecule has 0 unspecified atom stereocenters. The fourth-order valence-electron chi connectivity index (χ4n) is 1.07. The maximum atomic E-state index is 5.28. The Morgan fingerprint density at radius 3 is 2.77 bits per heavy atom. The summed E-state index contributed by atoms with van der Waals surface area (Å²) < 4.78 is 0. The van der Waals surface area contributed by atoms with Gasteiger partial charge in [0.2, 0.25) is 0 Å². The molecule has 0 atom stereocenters. The summed E-state index contributed by atoms with van der Waals surface area (Å²) in [6.07, 6.45) is 3.15. The van der Waals surface area contributed by atoms with Crippen LogP contribution in [0.15, 0.2) is 12.4 Å². The van der Waals surface area contributed by atoms with Gasteiger partial charge in [-0.25, -0.2) is 25.8 Å². The molecule has 2 aromatic rings. The highest BCUT2D eigenvalue weighted by Gasteiger charge is 2.05. The molecule has 0 fully saturated rings. The number of nitrogens with one attached hydrogen (secondary N) is 1. The number of nitrogens with zero attached hydrogens (tertiary/aromatic N) is 4. The zero-order valence-corrected chi connectivity index (χ0v) is 7.02. The fraction of sp³-hybridized carbons (Fsp3) is 0.143. The predicted molar refractivity (Wildman–Crippen MR) is 47.7 cm³/mol. The standard InChI is InChI=1S/C7H8N6/c1-4-11-6-5(7(12-4)13-8)9-2-3-10-6/h2-3H,8H2,1H3,(H,10,11,12,13). The van der Waals surface area contributed by atoms with Crippen LogP contribution in [0.5, 0.6) is 0 Å². The number of anilines is 1. The number of nitrogen functional groups attached to an aromatic ring is 1. The van der Waals surface area contributed by atoms with E-state index >= 15 is 0 Å². The van der Waals surface area contributed by atoms with Crippen molar-refractivity contribution in [3.63, 3.8) is 0 Å². The van der Waals surface area contributed by atoms with Crippen molar-refractivity contribution in [2.45, 2.75) is 6.92 Å². The second-order valence-corrected chi connectivity index (χ2v) is 2.49. The summed E-state index contributed by atoms with van der Waals surface area (Å²) in [7, 11) is 0. The van der Waals surface area contributed by atoms with Crippen LogP contribution < -0.4 is 11.3 Å². The molecule has 0 amide bonds. The first-order valence-corrected chi connectivity index (χ1v) is 3.73. The van der Waals surface area contributed by atoms with E-state index in [1.807, 2.05) is 0 Å². The van der Waals surface area contributed by atoms with Crippen LogP contribution in [0.1, 0.15) is 5.82 Å². The molecule has 6 nitrogen and oxygen atoms in total. The van der Waals surface area contributed by atoms with E-state index in [0.29, 0.717) is 22.8 Å². The van der Waals surface area contributed by atoms with Gasteiger partial charge in [0.25, 0.3) is 0 Å². The minimum Gasteiger partial charge on any atom is -0.306 e. The third-order valence-electron chi connectivity index (χ3n) is 1.58. The Hall–Kier alpha value is -1.82. The Morgan fingerprint density at radius 1 is 1.23 bits per heavy atom. The topological polar surface area (TPSA) is 89.6 Å². The van der Waals surface area contributed by atoms with Gasteiger partial charge in [-0.05, 0) is 6.92 Å². The highest BCUT2D eigenvalue weighted by atomic mass is 15.3. The van der Waals surface area contributed by atoms with Gasteiger partial charge in [-0.15, -0.1) is 0 Å². The molecule has 0 saturated carbocycles. The van der Waals surface area contributed by atoms with Gasteiger partial charge in [-0.2, -0.15) is 0 Å². The Labute approximate surface area is 74.2 Å². The highest BCUT2D eigenvalue weighted by molar-refractivity contribution is 5.81. The van der Waals surface area contributed by atoms with Crippen LogP contribution in [-0.4, -0.2) is 19.9 Å². The number of fused-ring (bicyclic) bond motifs is 1. The Morgan fingerprint density at radius 2 is 2.00 bits per heavy atom. The van der Waals surface area contributed by atoms with E-state index in [9.17, 15) is 0 Å². The van der Waals surface area contributed by atoms with E-state index in [4.69, 9.17) is 5.84 Å². The second kappa shape index (κ2) is 2.91. The summed E-state index contributed by atoms with van der Waals surface area (Å²) in [5.41, 5.74) is 3.58. The number of hydrazine groups is 1. The van der Waals surface area contributed by atoms with Gasteiger partial charge in [0.15, 0.2) is 17.0 Å². The minimum atomic E-state index is 0.496. The van der Waals surface area contributed by atoms with Crippen molar-refractivity contribution in [3.8, 4) is 0 Å². The lowest BCUT2D eigenvalue weighted by Crippen LogP contribution is -2.11. The van der Waals surface area contributed by atoms with Crippen molar-refractivity contribution in [1.82, 2.24) is 19.9 Å². The normalized spacial score (nSPS) is 10.3. The maximum absolute atomic E-state index is 5.28. The van der Waals surface area contributed by atoms with Crippen LogP contribution in [0.3, 0.4) is 0 Å². The van der Waals surface area contributed by atoms with E-state index in [-0.39, 0.29) is 0 Å². The van der Waals surface area contributed by atoms with Gasteiger partial charge < -0.3 is 5.43 Å². The van der Waals surface area contributed by atoms with Crippen LogP contribution in [0.25, 0.3) is 11.2 Å². The quantitative estimate of drug-likeness (QED) is 0.470. The van der Waals surface area contributed by atoms with Gasteiger partial charge in [0, 0.05) is 12.4 Å². The summed E-state index contributed by atoms with van der Waals surface area (Å²) in [5, 5.41) is 0. The van der Waals surface area contributed by atoms with Crippen molar-refractivity contribution in [1.29, 1.82) is 0 Å². The smallest absolute Gasteiger partial charge is 0.183 e. The van der Waals surface area contributed by atoms with Gasteiger partial charge in [0.05, 0.1) is 0 Å². The van der Waals surface area contributed by atoms with Crippen LogP contribution in [-0.2, 0) is 0 Å². The monoisotopic (exact) mass is 176 g/mol. The third kappa shape index (κ3) is 1.27. The third-order valence-corrected chi connectivity index (χ3v) is 1.58. The van der Waals surface area contributed by atoms with Crippen molar-refractivity contribution >= 4 is 17.0 Å². The van der Waals surface area contributed by atoms with E-state index in [1.165, 1.54) is 0 Å². The van der Waals surface area contributed by atoms with E-state index in [1.54, 1.807) is 19.3 Å². The lowest BCUT2D eigenvalue weighted by molar-refractivity contribution is 1.05. The van der Waals surface area contributed by atoms with Crippen molar-refractivity contribution in [2.75, 3.05) is 5.43 Å². The molecular weight excluding hydrogens is 168 g/mol. The Balaban J connectivity index is 2.81. The number of hydrogen-bond donors (Lipinski definition) is 2. The SMILES string of the molecule is Cc1nc(NN)c2nccnc2n1.